The van der Waals surface area contributed by atoms with Crippen molar-refractivity contribution in [2.75, 3.05) is 13.1 Å². The Hall–Kier alpha value is -3.71. The van der Waals surface area contributed by atoms with Crippen LogP contribution in [0.25, 0.3) is 11.5 Å². The van der Waals surface area contributed by atoms with E-state index in [1.807, 2.05) is 35.2 Å². The van der Waals surface area contributed by atoms with Gasteiger partial charge in [0.15, 0.2) is 5.82 Å². The van der Waals surface area contributed by atoms with Crippen molar-refractivity contribution in [1.29, 1.82) is 0 Å². The molecule has 0 radical (unpaired) electrons. The monoisotopic (exact) mass is 443 g/mol. The molecular formula is C26H26FN5O. The van der Waals surface area contributed by atoms with E-state index in [-0.39, 0.29) is 17.8 Å². The van der Waals surface area contributed by atoms with Gasteiger partial charge in [-0.2, -0.15) is 5.10 Å². The van der Waals surface area contributed by atoms with Crippen molar-refractivity contribution in [3.05, 3.63) is 102 Å². The second kappa shape index (κ2) is 9.42. The van der Waals surface area contributed by atoms with Crippen molar-refractivity contribution in [1.82, 2.24) is 24.6 Å². The van der Waals surface area contributed by atoms with Crippen LogP contribution in [0.3, 0.4) is 0 Å². The first-order valence-corrected chi connectivity index (χ1v) is 11.2. The van der Waals surface area contributed by atoms with Gasteiger partial charge in [-0.3, -0.25) is 9.69 Å². The maximum atomic E-state index is 13.4. The standard InChI is InChI=1S/C26H26FN5O/c27-21-8-10-23(11-9-21)32-26(31-14-4-5-15-31)24(18-28-32)25(33)29-22-12-16-30(17-13-22)19-20-6-2-1-3-7-20/h1-11,14-15,18,22H,12-13,16-17,19H2,(H,29,33). The summed E-state index contributed by atoms with van der Waals surface area (Å²) in [6, 6.07) is 20.5. The highest BCUT2D eigenvalue weighted by Gasteiger charge is 2.25. The molecule has 7 heteroatoms. The van der Waals surface area contributed by atoms with Crippen molar-refractivity contribution in [3.8, 4) is 11.5 Å². The molecule has 0 atom stereocenters. The molecule has 1 fully saturated rings. The minimum absolute atomic E-state index is 0.121. The first-order chi connectivity index (χ1) is 16.2. The SMILES string of the molecule is O=C(NC1CCN(Cc2ccccc2)CC1)c1cnn(-c2ccc(F)cc2)c1-n1cccc1. The molecule has 5 rings (SSSR count). The number of nitrogens with zero attached hydrogens (tertiary/aromatic N) is 4. The molecule has 0 saturated carbocycles. The third kappa shape index (κ3) is 4.73. The largest absolute Gasteiger partial charge is 0.349 e. The highest BCUT2D eigenvalue weighted by molar-refractivity contribution is 5.97. The van der Waals surface area contributed by atoms with Gasteiger partial charge in [0.1, 0.15) is 11.4 Å². The Bertz CT molecular complexity index is 1190. The Balaban J connectivity index is 1.30. The molecule has 2 aromatic heterocycles. The normalized spacial score (nSPS) is 14.9. The van der Waals surface area contributed by atoms with E-state index in [1.54, 1.807) is 23.0 Å². The van der Waals surface area contributed by atoms with Crippen LogP contribution in [0.15, 0.2) is 85.3 Å². The molecule has 0 aliphatic carbocycles. The summed E-state index contributed by atoms with van der Waals surface area (Å²) in [6.07, 6.45) is 7.14. The minimum atomic E-state index is -0.315. The molecule has 1 N–H and O–H groups in total. The molecule has 1 amide bonds. The van der Waals surface area contributed by atoms with Crippen LogP contribution < -0.4 is 5.32 Å². The number of carbonyl (C=O) groups is 1. The maximum Gasteiger partial charge on any atom is 0.256 e. The summed E-state index contributed by atoms with van der Waals surface area (Å²) in [5.74, 6) is 0.171. The van der Waals surface area contributed by atoms with E-state index < -0.39 is 0 Å². The topological polar surface area (TPSA) is 55.1 Å². The van der Waals surface area contributed by atoms with E-state index in [9.17, 15) is 9.18 Å². The number of hydrogen-bond acceptors (Lipinski definition) is 3. The Morgan fingerprint density at radius 3 is 2.36 bits per heavy atom. The van der Waals surface area contributed by atoms with E-state index in [0.29, 0.717) is 17.1 Å². The Labute approximate surface area is 192 Å². The summed E-state index contributed by atoms with van der Waals surface area (Å²) in [5, 5.41) is 7.65. The van der Waals surface area contributed by atoms with Crippen LogP contribution in [-0.2, 0) is 6.54 Å². The highest BCUT2D eigenvalue weighted by atomic mass is 19.1. The minimum Gasteiger partial charge on any atom is -0.349 e. The molecule has 4 aromatic rings. The van der Waals surface area contributed by atoms with Gasteiger partial charge in [-0.25, -0.2) is 9.07 Å². The zero-order valence-corrected chi connectivity index (χ0v) is 18.3. The van der Waals surface area contributed by atoms with Gasteiger partial charge in [0.05, 0.1) is 11.9 Å². The first-order valence-electron chi connectivity index (χ1n) is 11.2. The van der Waals surface area contributed by atoms with Gasteiger partial charge >= 0.3 is 0 Å². The highest BCUT2D eigenvalue weighted by Crippen LogP contribution is 2.21. The van der Waals surface area contributed by atoms with Crippen LogP contribution in [0.4, 0.5) is 4.39 Å². The van der Waals surface area contributed by atoms with E-state index in [0.717, 1.165) is 32.5 Å². The van der Waals surface area contributed by atoms with Crippen LogP contribution in [0.1, 0.15) is 28.8 Å². The van der Waals surface area contributed by atoms with E-state index in [2.05, 4.69) is 39.6 Å². The zero-order chi connectivity index (χ0) is 22.6. The Morgan fingerprint density at radius 2 is 1.67 bits per heavy atom. The number of likely N-dealkylation sites (tertiary alicyclic amines) is 1. The predicted molar refractivity (Wildman–Crippen MR) is 125 cm³/mol. The second-order valence-electron chi connectivity index (χ2n) is 8.37. The van der Waals surface area contributed by atoms with Crippen molar-refractivity contribution < 1.29 is 9.18 Å². The number of amides is 1. The summed E-state index contributed by atoms with van der Waals surface area (Å²) in [7, 11) is 0. The Morgan fingerprint density at radius 1 is 0.970 bits per heavy atom. The quantitative estimate of drug-likeness (QED) is 0.486. The molecule has 33 heavy (non-hydrogen) atoms. The lowest BCUT2D eigenvalue weighted by atomic mass is 10.0. The molecule has 6 nitrogen and oxygen atoms in total. The smallest absolute Gasteiger partial charge is 0.256 e. The fraction of sp³-hybridized carbons (Fsp3) is 0.231. The average Bonchev–Trinajstić information content (AvgIpc) is 3.51. The fourth-order valence-corrected chi connectivity index (χ4v) is 4.34. The summed E-state index contributed by atoms with van der Waals surface area (Å²) in [5.41, 5.74) is 2.49. The molecule has 0 unspecified atom stereocenters. The lowest BCUT2D eigenvalue weighted by molar-refractivity contribution is 0.0909. The van der Waals surface area contributed by atoms with E-state index in [1.165, 1.54) is 17.7 Å². The zero-order valence-electron chi connectivity index (χ0n) is 18.3. The number of carbonyl (C=O) groups excluding carboxylic acids is 1. The lowest BCUT2D eigenvalue weighted by Gasteiger charge is -2.32. The van der Waals surface area contributed by atoms with Crippen LogP contribution in [-0.4, -0.2) is 44.3 Å². The van der Waals surface area contributed by atoms with Crippen LogP contribution in [0.5, 0.6) is 0 Å². The number of benzene rings is 2. The summed E-state index contributed by atoms with van der Waals surface area (Å²) in [4.78, 5) is 15.7. The van der Waals surface area contributed by atoms with Crippen molar-refractivity contribution in [2.24, 2.45) is 0 Å². The van der Waals surface area contributed by atoms with E-state index >= 15 is 0 Å². The van der Waals surface area contributed by atoms with Crippen molar-refractivity contribution >= 4 is 5.91 Å². The molecule has 0 bridgehead atoms. The van der Waals surface area contributed by atoms with E-state index in [4.69, 9.17) is 0 Å². The van der Waals surface area contributed by atoms with Gasteiger partial charge < -0.3 is 9.88 Å². The molecular weight excluding hydrogens is 417 g/mol. The fourth-order valence-electron chi connectivity index (χ4n) is 4.34. The Kier molecular flexibility index (Phi) is 6.04. The van der Waals surface area contributed by atoms with Crippen LogP contribution in [0, 0.1) is 5.82 Å². The molecule has 1 saturated heterocycles. The lowest BCUT2D eigenvalue weighted by Crippen LogP contribution is -2.44. The number of aromatic nitrogens is 3. The van der Waals surface area contributed by atoms with Gasteiger partial charge in [-0.1, -0.05) is 30.3 Å². The maximum absolute atomic E-state index is 13.4. The molecule has 3 heterocycles. The summed E-state index contributed by atoms with van der Waals surface area (Å²) < 4.78 is 16.9. The average molecular weight is 444 g/mol. The van der Waals surface area contributed by atoms with Crippen molar-refractivity contribution in [2.45, 2.75) is 25.4 Å². The van der Waals surface area contributed by atoms with Gasteiger partial charge in [0, 0.05) is 38.1 Å². The molecule has 2 aromatic carbocycles. The second-order valence-corrected chi connectivity index (χ2v) is 8.37. The summed E-state index contributed by atoms with van der Waals surface area (Å²) >= 11 is 0. The van der Waals surface area contributed by atoms with Gasteiger partial charge in [-0.05, 0) is 54.8 Å². The first kappa shape index (κ1) is 21.2. The van der Waals surface area contributed by atoms with Gasteiger partial charge in [0.2, 0.25) is 0 Å². The third-order valence-electron chi connectivity index (χ3n) is 6.08. The van der Waals surface area contributed by atoms with Crippen LogP contribution >= 0.6 is 0 Å². The molecule has 1 aliphatic heterocycles. The van der Waals surface area contributed by atoms with Gasteiger partial charge in [-0.15, -0.1) is 0 Å². The number of hydrogen-bond donors (Lipinski definition) is 1. The molecule has 168 valence electrons. The number of nitrogens with one attached hydrogen (secondary N) is 1. The number of rotatable bonds is 6. The van der Waals surface area contributed by atoms with Gasteiger partial charge in [0.25, 0.3) is 5.91 Å². The summed E-state index contributed by atoms with van der Waals surface area (Å²) in [6.45, 7) is 2.82. The van der Waals surface area contributed by atoms with Crippen LogP contribution in [0.2, 0.25) is 0 Å². The third-order valence-corrected chi connectivity index (χ3v) is 6.08. The number of halogens is 1. The predicted octanol–water partition coefficient (Wildman–Crippen LogP) is 4.20. The van der Waals surface area contributed by atoms with Crippen molar-refractivity contribution in [3.63, 3.8) is 0 Å². The number of piperidine rings is 1. The molecule has 1 aliphatic rings. The molecule has 0 spiro atoms.